The maximum atomic E-state index is 13.5. The van der Waals surface area contributed by atoms with E-state index in [-0.39, 0.29) is 0 Å². The molecule has 2 amide bonds. The molecule has 0 radical (unpaired) electrons. The average Bonchev–Trinajstić information content (AvgIpc) is 2.53. The number of benzene rings is 2. The quantitative estimate of drug-likeness (QED) is 0.818. The molecule has 2 rings (SSSR count). The molecule has 0 aliphatic carbocycles. The van der Waals surface area contributed by atoms with Crippen LogP contribution >= 0.6 is 0 Å². The fourth-order valence-corrected chi connectivity index (χ4v) is 2.33. The van der Waals surface area contributed by atoms with Crippen molar-refractivity contribution in [1.82, 2.24) is 0 Å². The average molecular weight is 332 g/mol. The molecule has 0 aliphatic rings. The molecule has 0 atom stereocenters. The first-order valence-electron chi connectivity index (χ1n) is 7.54. The number of rotatable bonds is 5. The van der Waals surface area contributed by atoms with E-state index < -0.39 is 35.6 Å². The Hall–Kier alpha value is -2.76. The van der Waals surface area contributed by atoms with Gasteiger partial charge in [-0.1, -0.05) is 31.2 Å². The molecule has 0 fully saturated rings. The van der Waals surface area contributed by atoms with E-state index in [2.05, 4.69) is 10.6 Å². The van der Waals surface area contributed by atoms with E-state index in [1.165, 1.54) is 6.07 Å². The molecule has 0 unspecified atom stereocenters. The third-order valence-corrected chi connectivity index (χ3v) is 3.55. The lowest BCUT2D eigenvalue weighted by Gasteiger charge is -2.13. The van der Waals surface area contributed by atoms with Crippen molar-refractivity contribution in [3.63, 3.8) is 0 Å². The number of anilines is 2. The van der Waals surface area contributed by atoms with Gasteiger partial charge >= 0.3 is 0 Å². The molecule has 0 aromatic heterocycles. The van der Waals surface area contributed by atoms with Crippen molar-refractivity contribution in [3.05, 3.63) is 59.2 Å². The van der Waals surface area contributed by atoms with E-state index in [0.717, 1.165) is 29.7 Å². The number of halogens is 2. The summed E-state index contributed by atoms with van der Waals surface area (Å²) < 4.78 is 27.0. The van der Waals surface area contributed by atoms with Gasteiger partial charge in [-0.25, -0.2) is 8.78 Å². The second-order valence-corrected chi connectivity index (χ2v) is 5.33. The highest BCUT2D eigenvalue weighted by Gasteiger charge is 2.16. The van der Waals surface area contributed by atoms with E-state index in [4.69, 9.17) is 0 Å². The zero-order valence-corrected chi connectivity index (χ0v) is 13.5. The lowest BCUT2D eigenvalue weighted by Crippen LogP contribution is -2.23. The summed E-state index contributed by atoms with van der Waals surface area (Å²) in [4.78, 5) is 23.9. The summed E-state index contributed by atoms with van der Waals surface area (Å²) >= 11 is 0. The van der Waals surface area contributed by atoms with Crippen LogP contribution in [0.1, 0.15) is 24.5 Å². The number of para-hydroxylation sites is 2. The monoisotopic (exact) mass is 332 g/mol. The molecule has 6 heteroatoms. The fraction of sp³-hybridized carbons (Fsp3) is 0.222. The second kappa shape index (κ2) is 7.68. The van der Waals surface area contributed by atoms with E-state index in [1.807, 2.05) is 32.0 Å². The standard InChI is InChI=1S/C18H18F2N2O2/c1-3-12-7-4-6-11(2)17(12)21-15(23)10-16(24)22-18-13(19)8-5-9-14(18)20/h4-9H,3,10H2,1-2H3,(H,21,23)(H,22,24). The van der Waals surface area contributed by atoms with Crippen molar-refractivity contribution in [2.45, 2.75) is 26.7 Å². The van der Waals surface area contributed by atoms with Gasteiger partial charge in [0.1, 0.15) is 23.7 Å². The van der Waals surface area contributed by atoms with Gasteiger partial charge in [0.05, 0.1) is 0 Å². The van der Waals surface area contributed by atoms with Crippen LogP contribution in [0.3, 0.4) is 0 Å². The number of hydrogen-bond acceptors (Lipinski definition) is 2. The Morgan fingerprint density at radius 2 is 1.46 bits per heavy atom. The van der Waals surface area contributed by atoms with Gasteiger partial charge in [0.2, 0.25) is 11.8 Å². The first kappa shape index (κ1) is 17.6. The molecule has 0 saturated carbocycles. The zero-order valence-electron chi connectivity index (χ0n) is 13.5. The van der Waals surface area contributed by atoms with Crippen molar-refractivity contribution in [2.24, 2.45) is 0 Å². The van der Waals surface area contributed by atoms with Gasteiger partial charge in [0, 0.05) is 5.69 Å². The second-order valence-electron chi connectivity index (χ2n) is 5.33. The molecule has 4 nitrogen and oxygen atoms in total. The Morgan fingerprint density at radius 1 is 0.917 bits per heavy atom. The third-order valence-electron chi connectivity index (χ3n) is 3.55. The Morgan fingerprint density at radius 3 is 2.04 bits per heavy atom. The summed E-state index contributed by atoms with van der Waals surface area (Å²) in [5.74, 6) is -3.12. The minimum atomic E-state index is -0.893. The van der Waals surface area contributed by atoms with Gasteiger partial charge in [0.25, 0.3) is 0 Å². The van der Waals surface area contributed by atoms with E-state index >= 15 is 0 Å². The number of carbonyl (C=O) groups is 2. The maximum Gasteiger partial charge on any atom is 0.233 e. The van der Waals surface area contributed by atoms with Gasteiger partial charge in [-0.05, 0) is 36.6 Å². The highest BCUT2D eigenvalue weighted by atomic mass is 19.1. The minimum Gasteiger partial charge on any atom is -0.325 e. The van der Waals surface area contributed by atoms with Crippen LogP contribution in [0.2, 0.25) is 0 Å². The van der Waals surface area contributed by atoms with Crippen LogP contribution in [0.5, 0.6) is 0 Å². The first-order valence-corrected chi connectivity index (χ1v) is 7.54. The molecule has 0 saturated heterocycles. The molecule has 0 spiro atoms. The van der Waals surface area contributed by atoms with Crippen molar-refractivity contribution in [1.29, 1.82) is 0 Å². The third kappa shape index (κ3) is 4.16. The molecular formula is C18H18F2N2O2. The normalized spacial score (nSPS) is 10.3. The molecule has 24 heavy (non-hydrogen) atoms. The highest BCUT2D eigenvalue weighted by molar-refractivity contribution is 6.08. The van der Waals surface area contributed by atoms with Gasteiger partial charge in [-0.15, -0.1) is 0 Å². The summed E-state index contributed by atoms with van der Waals surface area (Å²) in [6.07, 6.45) is 0.190. The van der Waals surface area contributed by atoms with Crippen LogP contribution in [0.4, 0.5) is 20.2 Å². The number of carbonyl (C=O) groups excluding carboxylic acids is 2. The Bertz CT molecular complexity index is 755. The molecular weight excluding hydrogens is 314 g/mol. The fourth-order valence-electron chi connectivity index (χ4n) is 2.33. The van der Waals surface area contributed by atoms with E-state index in [1.54, 1.807) is 0 Å². The Kier molecular flexibility index (Phi) is 5.63. The lowest BCUT2D eigenvalue weighted by molar-refractivity contribution is -0.123. The van der Waals surface area contributed by atoms with Crippen LogP contribution in [-0.2, 0) is 16.0 Å². The van der Waals surface area contributed by atoms with Gasteiger partial charge in [-0.3, -0.25) is 9.59 Å². The predicted octanol–water partition coefficient (Wildman–Crippen LogP) is 3.80. The van der Waals surface area contributed by atoms with E-state index in [9.17, 15) is 18.4 Å². The zero-order chi connectivity index (χ0) is 17.7. The summed E-state index contributed by atoms with van der Waals surface area (Å²) in [5, 5.41) is 4.78. The lowest BCUT2D eigenvalue weighted by atomic mass is 10.1. The van der Waals surface area contributed by atoms with Crippen LogP contribution in [0.25, 0.3) is 0 Å². The molecule has 0 heterocycles. The van der Waals surface area contributed by atoms with Crippen molar-refractivity contribution in [3.8, 4) is 0 Å². The van der Waals surface area contributed by atoms with Crippen molar-refractivity contribution in [2.75, 3.05) is 10.6 Å². The number of nitrogens with one attached hydrogen (secondary N) is 2. The summed E-state index contributed by atoms with van der Waals surface area (Å²) in [6.45, 7) is 3.81. The first-order chi connectivity index (χ1) is 11.4. The van der Waals surface area contributed by atoms with Crippen molar-refractivity contribution < 1.29 is 18.4 Å². The number of hydrogen-bond donors (Lipinski definition) is 2. The Balaban J connectivity index is 2.04. The van der Waals surface area contributed by atoms with Gasteiger partial charge in [-0.2, -0.15) is 0 Å². The van der Waals surface area contributed by atoms with Crippen molar-refractivity contribution >= 4 is 23.2 Å². The summed E-state index contributed by atoms with van der Waals surface area (Å²) in [7, 11) is 0. The van der Waals surface area contributed by atoms with Crippen LogP contribution in [0, 0.1) is 18.6 Å². The number of amides is 2. The maximum absolute atomic E-state index is 13.5. The summed E-state index contributed by atoms with van der Waals surface area (Å²) in [6, 6.07) is 8.87. The summed E-state index contributed by atoms with van der Waals surface area (Å²) in [5.41, 5.74) is 1.93. The predicted molar refractivity (Wildman–Crippen MR) is 88.8 cm³/mol. The largest absolute Gasteiger partial charge is 0.325 e. The van der Waals surface area contributed by atoms with Crippen LogP contribution in [0.15, 0.2) is 36.4 Å². The minimum absolute atomic E-state index is 0.536. The molecule has 2 N–H and O–H groups in total. The molecule has 126 valence electrons. The molecule has 2 aromatic carbocycles. The number of aryl methyl sites for hydroxylation is 2. The van der Waals surface area contributed by atoms with Gasteiger partial charge in [0.15, 0.2) is 0 Å². The van der Waals surface area contributed by atoms with Crippen LogP contribution < -0.4 is 10.6 Å². The topological polar surface area (TPSA) is 58.2 Å². The van der Waals surface area contributed by atoms with Gasteiger partial charge < -0.3 is 10.6 Å². The SMILES string of the molecule is CCc1cccc(C)c1NC(=O)CC(=O)Nc1c(F)cccc1F. The highest BCUT2D eigenvalue weighted by Crippen LogP contribution is 2.22. The molecule has 2 aromatic rings. The molecule has 0 aliphatic heterocycles. The smallest absolute Gasteiger partial charge is 0.233 e. The molecule has 0 bridgehead atoms. The Labute approximate surface area is 138 Å². The van der Waals surface area contributed by atoms with E-state index in [0.29, 0.717) is 5.69 Å². The van der Waals surface area contributed by atoms with Crippen LogP contribution in [-0.4, -0.2) is 11.8 Å².